The molecule has 2 aromatic carbocycles. The Hall–Kier alpha value is -2.53. The lowest BCUT2D eigenvalue weighted by Crippen LogP contribution is -2.48. The molecule has 0 radical (unpaired) electrons. The summed E-state index contributed by atoms with van der Waals surface area (Å²) in [4.78, 5) is 19.5. The van der Waals surface area contributed by atoms with Gasteiger partial charge in [0.25, 0.3) is 0 Å². The lowest BCUT2D eigenvalue weighted by molar-refractivity contribution is -0.117. The van der Waals surface area contributed by atoms with Crippen molar-refractivity contribution in [2.45, 2.75) is 19.8 Å². The predicted octanol–water partition coefficient (Wildman–Crippen LogP) is 3.68. The van der Waals surface area contributed by atoms with Crippen molar-refractivity contribution in [1.29, 1.82) is 0 Å². The first-order valence-electron chi connectivity index (χ1n) is 10.8. The number of hydrogen-bond acceptors (Lipinski definition) is 4. The number of benzene rings is 2. The second-order valence-corrected chi connectivity index (χ2v) is 8.36. The van der Waals surface area contributed by atoms with Crippen molar-refractivity contribution in [1.82, 2.24) is 4.90 Å². The quantitative estimate of drug-likeness (QED) is 0.842. The van der Waals surface area contributed by atoms with Crippen molar-refractivity contribution in [2.24, 2.45) is 5.92 Å². The van der Waals surface area contributed by atoms with E-state index in [4.69, 9.17) is 0 Å². The van der Waals surface area contributed by atoms with Gasteiger partial charge in [0.1, 0.15) is 0 Å². The third-order valence-electron chi connectivity index (χ3n) is 6.16. The van der Waals surface area contributed by atoms with E-state index in [0.717, 1.165) is 50.9 Å². The molecule has 5 heteroatoms. The van der Waals surface area contributed by atoms with Gasteiger partial charge in [-0.2, -0.15) is 0 Å². The number of nitrogens with one attached hydrogen (secondary N) is 1. The molecule has 0 aromatic heterocycles. The topological polar surface area (TPSA) is 38.8 Å². The van der Waals surface area contributed by atoms with Crippen LogP contribution in [0.25, 0.3) is 0 Å². The molecule has 2 aliphatic heterocycles. The zero-order valence-corrected chi connectivity index (χ0v) is 17.4. The lowest BCUT2D eigenvalue weighted by atomic mass is 9.99. The van der Waals surface area contributed by atoms with Crippen molar-refractivity contribution < 1.29 is 4.79 Å². The van der Waals surface area contributed by atoms with Crippen molar-refractivity contribution in [3.05, 3.63) is 54.6 Å². The van der Waals surface area contributed by atoms with Crippen molar-refractivity contribution >= 4 is 23.0 Å². The van der Waals surface area contributed by atoms with Gasteiger partial charge in [-0.1, -0.05) is 25.1 Å². The van der Waals surface area contributed by atoms with Crippen LogP contribution < -0.4 is 15.1 Å². The summed E-state index contributed by atoms with van der Waals surface area (Å²) in [5, 5.41) is 3.06. The highest BCUT2D eigenvalue weighted by molar-refractivity contribution is 5.92. The molecule has 29 heavy (non-hydrogen) atoms. The third kappa shape index (κ3) is 5.30. The van der Waals surface area contributed by atoms with Crippen LogP contribution in [0.2, 0.25) is 0 Å². The first-order valence-corrected chi connectivity index (χ1v) is 10.8. The largest absolute Gasteiger partial charge is 0.372 e. The van der Waals surface area contributed by atoms with Crippen LogP contribution in [0, 0.1) is 5.92 Å². The number of nitrogens with zero attached hydrogens (tertiary/aromatic N) is 3. The minimum Gasteiger partial charge on any atom is -0.372 e. The maximum Gasteiger partial charge on any atom is 0.238 e. The average Bonchev–Trinajstić information content (AvgIpc) is 2.76. The lowest BCUT2D eigenvalue weighted by Gasteiger charge is -2.35. The molecule has 0 aliphatic carbocycles. The number of piperidine rings is 1. The standard InChI is InChI=1S/C24H32N4O/c1-20-11-13-27(14-12-20)23-9-7-21(8-10-23)25-24(29)19-26-15-17-28(18-16-26)22-5-3-2-4-6-22/h2-10,20H,11-19H2,1H3,(H,25,29). The molecule has 2 heterocycles. The number of hydrogen-bond donors (Lipinski definition) is 1. The second-order valence-electron chi connectivity index (χ2n) is 8.36. The number of para-hydroxylation sites is 1. The Bertz CT molecular complexity index is 776. The number of carbonyl (C=O) groups excluding carboxylic acids is 1. The van der Waals surface area contributed by atoms with E-state index in [2.05, 4.69) is 63.3 Å². The second kappa shape index (κ2) is 9.31. The van der Waals surface area contributed by atoms with Crippen LogP contribution in [0.15, 0.2) is 54.6 Å². The molecule has 4 rings (SSSR count). The Morgan fingerprint density at radius 1 is 0.828 bits per heavy atom. The number of rotatable bonds is 5. The molecule has 0 unspecified atom stereocenters. The number of anilines is 3. The maximum atomic E-state index is 12.5. The van der Waals surface area contributed by atoms with E-state index in [-0.39, 0.29) is 5.91 Å². The predicted molar refractivity (Wildman–Crippen MR) is 121 cm³/mol. The van der Waals surface area contributed by atoms with Crippen LogP contribution in [-0.2, 0) is 4.79 Å². The summed E-state index contributed by atoms with van der Waals surface area (Å²) in [6.07, 6.45) is 2.52. The molecule has 0 spiro atoms. The highest BCUT2D eigenvalue weighted by atomic mass is 16.2. The van der Waals surface area contributed by atoms with E-state index in [1.54, 1.807) is 0 Å². The van der Waals surface area contributed by atoms with Gasteiger partial charge in [0.2, 0.25) is 5.91 Å². The smallest absolute Gasteiger partial charge is 0.238 e. The molecule has 5 nitrogen and oxygen atoms in total. The summed E-state index contributed by atoms with van der Waals surface area (Å²) in [5.74, 6) is 0.900. The third-order valence-corrected chi connectivity index (χ3v) is 6.16. The fraction of sp³-hybridized carbons (Fsp3) is 0.458. The molecule has 1 amide bonds. The van der Waals surface area contributed by atoms with E-state index in [0.29, 0.717) is 6.54 Å². The molecule has 2 fully saturated rings. The SMILES string of the molecule is CC1CCN(c2ccc(NC(=O)CN3CCN(c4ccccc4)CC3)cc2)CC1. The Balaban J connectivity index is 1.23. The maximum absolute atomic E-state index is 12.5. The van der Waals surface area contributed by atoms with Gasteiger partial charge in [-0.25, -0.2) is 0 Å². The summed E-state index contributed by atoms with van der Waals surface area (Å²) >= 11 is 0. The Morgan fingerprint density at radius 3 is 2.07 bits per heavy atom. The highest BCUT2D eigenvalue weighted by Gasteiger charge is 2.19. The molecule has 2 saturated heterocycles. The summed E-state index contributed by atoms with van der Waals surface area (Å²) in [7, 11) is 0. The number of piperazine rings is 1. The van der Waals surface area contributed by atoms with Crippen molar-refractivity contribution in [3.8, 4) is 0 Å². The number of carbonyl (C=O) groups is 1. The molecule has 154 valence electrons. The van der Waals surface area contributed by atoms with Gasteiger partial charge in [-0.05, 0) is 55.2 Å². The first-order chi connectivity index (χ1) is 14.2. The van der Waals surface area contributed by atoms with Crippen LogP contribution in [0.5, 0.6) is 0 Å². The summed E-state index contributed by atoms with van der Waals surface area (Å²) in [5.41, 5.74) is 3.40. The van der Waals surface area contributed by atoms with Crippen LogP contribution in [0.4, 0.5) is 17.1 Å². The van der Waals surface area contributed by atoms with Gasteiger partial charge in [0.05, 0.1) is 6.54 Å². The molecule has 0 saturated carbocycles. The van der Waals surface area contributed by atoms with Gasteiger partial charge in [-0.15, -0.1) is 0 Å². The van der Waals surface area contributed by atoms with Gasteiger partial charge in [-0.3, -0.25) is 9.69 Å². The molecule has 0 atom stereocenters. The average molecular weight is 393 g/mol. The van der Waals surface area contributed by atoms with Crippen molar-refractivity contribution in [2.75, 3.05) is 60.9 Å². The molecule has 2 aromatic rings. The highest BCUT2D eigenvalue weighted by Crippen LogP contribution is 2.24. The van der Waals surface area contributed by atoms with E-state index in [1.165, 1.54) is 24.2 Å². The summed E-state index contributed by atoms with van der Waals surface area (Å²) in [6, 6.07) is 18.8. The van der Waals surface area contributed by atoms with Crippen molar-refractivity contribution in [3.63, 3.8) is 0 Å². The van der Waals surface area contributed by atoms with Crippen LogP contribution in [-0.4, -0.2) is 56.6 Å². The van der Waals surface area contributed by atoms with Crippen LogP contribution in [0.3, 0.4) is 0 Å². The number of amides is 1. The minimum atomic E-state index is 0.0673. The fourth-order valence-electron chi connectivity index (χ4n) is 4.23. The zero-order valence-electron chi connectivity index (χ0n) is 17.4. The van der Waals surface area contributed by atoms with Gasteiger partial charge >= 0.3 is 0 Å². The minimum absolute atomic E-state index is 0.0673. The molecule has 0 bridgehead atoms. The first kappa shape index (κ1) is 19.8. The van der Waals surface area contributed by atoms with E-state index >= 15 is 0 Å². The molecule has 2 aliphatic rings. The van der Waals surface area contributed by atoms with E-state index < -0.39 is 0 Å². The van der Waals surface area contributed by atoms with Gasteiger partial charge < -0.3 is 15.1 Å². The fourth-order valence-corrected chi connectivity index (χ4v) is 4.23. The Morgan fingerprint density at radius 2 is 1.41 bits per heavy atom. The van der Waals surface area contributed by atoms with Gasteiger partial charge in [0, 0.05) is 56.3 Å². The van der Waals surface area contributed by atoms with E-state index in [1.807, 2.05) is 18.2 Å². The van der Waals surface area contributed by atoms with E-state index in [9.17, 15) is 4.79 Å². The summed E-state index contributed by atoms with van der Waals surface area (Å²) in [6.45, 7) is 8.78. The van der Waals surface area contributed by atoms with Crippen LogP contribution >= 0.6 is 0 Å². The molecule has 1 N–H and O–H groups in total. The monoisotopic (exact) mass is 392 g/mol. The Labute approximate surface area is 174 Å². The molecular formula is C24H32N4O. The molecular weight excluding hydrogens is 360 g/mol. The Kier molecular flexibility index (Phi) is 6.35. The normalized spacial score (nSPS) is 18.7. The summed E-state index contributed by atoms with van der Waals surface area (Å²) < 4.78 is 0. The van der Waals surface area contributed by atoms with Crippen LogP contribution in [0.1, 0.15) is 19.8 Å². The van der Waals surface area contributed by atoms with Gasteiger partial charge in [0.15, 0.2) is 0 Å². The zero-order chi connectivity index (χ0) is 20.1.